The normalized spacial score (nSPS) is 11.9. The highest BCUT2D eigenvalue weighted by atomic mass is 32.1. The van der Waals surface area contributed by atoms with Gasteiger partial charge in [0.2, 0.25) is 0 Å². The van der Waals surface area contributed by atoms with Crippen molar-refractivity contribution < 1.29 is 0 Å². The van der Waals surface area contributed by atoms with E-state index in [0.717, 1.165) is 11.4 Å². The molecule has 3 heteroatoms. The van der Waals surface area contributed by atoms with Crippen molar-refractivity contribution in [3.63, 3.8) is 0 Å². The van der Waals surface area contributed by atoms with E-state index in [4.69, 9.17) is 0 Å². The van der Waals surface area contributed by atoms with Crippen LogP contribution >= 0.6 is 22.7 Å². The first-order chi connectivity index (χ1) is 28.3. The summed E-state index contributed by atoms with van der Waals surface area (Å²) in [4.78, 5) is 2.47. The summed E-state index contributed by atoms with van der Waals surface area (Å²) >= 11 is 3.82. The van der Waals surface area contributed by atoms with E-state index in [1.807, 2.05) is 22.7 Å². The Kier molecular flexibility index (Phi) is 7.34. The molecular weight excluding hydrogens is 727 g/mol. The molecule has 0 amide bonds. The van der Waals surface area contributed by atoms with E-state index in [9.17, 15) is 0 Å². The summed E-state index contributed by atoms with van der Waals surface area (Å²) in [6.07, 6.45) is 0. The lowest BCUT2D eigenvalue weighted by Crippen LogP contribution is -2.10. The molecule has 57 heavy (non-hydrogen) atoms. The Labute approximate surface area is 337 Å². The van der Waals surface area contributed by atoms with Crippen LogP contribution in [0.25, 0.3) is 94.9 Å². The number of anilines is 3. The number of hydrogen-bond acceptors (Lipinski definition) is 3. The maximum absolute atomic E-state index is 2.50. The fourth-order valence-corrected chi connectivity index (χ4v) is 11.5. The van der Waals surface area contributed by atoms with Gasteiger partial charge in [-0.3, -0.25) is 0 Å². The van der Waals surface area contributed by atoms with E-state index in [0.29, 0.717) is 0 Å². The third kappa shape index (κ3) is 5.13. The first-order valence-corrected chi connectivity index (χ1v) is 21.0. The van der Waals surface area contributed by atoms with E-state index in [2.05, 4.69) is 205 Å². The molecule has 0 spiro atoms. The molecule has 12 rings (SSSR count). The van der Waals surface area contributed by atoms with Gasteiger partial charge in [-0.15, -0.1) is 22.7 Å². The molecule has 0 bridgehead atoms. The second-order valence-corrected chi connectivity index (χ2v) is 16.9. The van der Waals surface area contributed by atoms with Gasteiger partial charge < -0.3 is 4.90 Å². The minimum Gasteiger partial charge on any atom is -0.310 e. The van der Waals surface area contributed by atoms with Gasteiger partial charge >= 0.3 is 0 Å². The van der Waals surface area contributed by atoms with Crippen molar-refractivity contribution in [3.8, 4) is 22.3 Å². The lowest BCUT2D eigenvalue weighted by atomic mass is 9.91. The SMILES string of the molecule is c1ccc(-c2ccc(-c3cc4c(sc5cccc(N(c6ccc7ccccc7c6)c6ccc7ccccc7c6)c54)c4ccccc34)c3sc4ccccc4c23)cc1. The Balaban J connectivity index is 1.17. The Morgan fingerprint density at radius 3 is 1.63 bits per heavy atom. The number of rotatable bonds is 5. The van der Waals surface area contributed by atoms with E-state index in [-0.39, 0.29) is 0 Å². The Morgan fingerprint density at radius 2 is 0.895 bits per heavy atom. The molecule has 0 saturated carbocycles. The highest BCUT2D eigenvalue weighted by Gasteiger charge is 2.23. The fourth-order valence-electron chi connectivity index (χ4n) is 9.00. The van der Waals surface area contributed by atoms with Crippen LogP contribution in [-0.4, -0.2) is 0 Å². The van der Waals surface area contributed by atoms with Gasteiger partial charge in [0, 0.05) is 62.7 Å². The van der Waals surface area contributed by atoms with Crippen molar-refractivity contribution in [1.29, 1.82) is 0 Å². The standard InChI is InChI=1S/C54H33NS2/c1-2-15-36(16-3-1)41-29-30-44(54-51(41)45-21-10-11-23-49(45)56-54)46-33-47-52-48(22-12-24-50(52)57-53(47)43-20-9-8-19-42(43)46)55(39-27-25-34-13-4-6-17-37(34)31-39)40-28-26-35-14-5-7-18-38(35)32-40/h1-33H. The summed E-state index contributed by atoms with van der Waals surface area (Å²) in [5, 5.41) is 12.7. The van der Waals surface area contributed by atoms with Gasteiger partial charge in [0.25, 0.3) is 0 Å². The van der Waals surface area contributed by atoms with Gasteiger partial charge in [-0.2, -0.15) is 0 Å². The molecule has 2 heterocycles. The van der Waals surface area contributed by atoms with Crippen LogP contribution in [0.4, 0.5) is 17.1 Å². The van der Waals surface area contributed by atoms with Crippen LogP contribution in [-0.2, 0) is 0 Å². The fraction of sp³-hybridized carbons (Fsp3) is 0. The molecule has 12 aromatic rings. The average molecular weight is 760 g/mol. The molecule has 0 atom stereocenters. The van der Waals surface area contributed by atoms with E-state index in [1.165, 1.54) is 101 Å². The molecule has 10 aromatic carbocycles. The van der Waals surface area contributed by atoms with Crippen LogP contribution in [0.2, 0.25) is 0 Å². The minimum atomic E-state index is 1.14. The Morgan fingerprint density at radius 1 is 0.316 bits per heavy atom. The lowest BCUT2D eigenvalue weighted by Gasteiger charge is -2.27. The van der Waals surface area contributed by atoms with Crippen molar-refractivity contribution >= 4 is 112 Å². The highest BCUT2D eigenvalue weighted by Crippen LogP contribution is 2.51. The smallest absolute Gasteiger partial charge is 0.0554 e. The first kappa shape index (κ1) is 32.5. The van der Waals surface area contributed by atoms with Gasteiger partial charge in [0.1, 0.15) is 0 Å². The summed E-state index contributed by atoms with van der Waals surface area (Å²) in [5.41, 5.74) is 8.53. The third-order valence-electron chi connectivity index (χ3n) is 11.6. The predicted molar refractivity (Wildman–Crippen MR) is 250 cm³/mol. The lowest BCUT2D eigenvalue weighted by molar-refractivity contribution is 1.31. The van der Waals surface area contributed by atoms with Gasteiger partial charge in [0.15, 0.2) is 0 Å². The molecule has 0 aliphatic carbocycles. The number of hydrogen-bond donors (Lipinski definition) is 0. The molecule has 266 valence electrons. The average Bonchev–Trinajstić information content (AvgIpc) is 3.86. The summed E-state index contributed by atoms with van der Waals surface area (Å²) in [6.45, 7) is 0. The quantitative estimate of drug-likeness (QED) is 0.169. The van der Waals surface area contributed by atoms with Crippen molar-refractivity contribution in [3.05, 3.63) is 200 Å². The largest absolute Gasteiger partial charge is 0.310 e. The highest BCUT2D eigenvalue weighted by molar-refractivity contribution is 7.27. The first-order valence-electron chi connectivity index (χ1n) is 19.4. The predicted octanol–water partition coefficient (Wildman–Crippen LogP) is 16.7. The number of thiophene rings is 2. The Hall–Kier alpha value is -6.78. The van der Waals surface area contributed by atoms with E-state index in [1.54, 1.807) is 0 Å². The van der Waals surface area contributed by atoms with Crippen molar-refractivity contribution in [2.75, 3.05) is 4.90 Å². The second-order valence-electron chi connectivity index (χ2n) is 14.8. The van der Waals surface area contributed by atoms with Crippen LogP contribution < -0.4 is 4.90 Å². The minimum absolute atomic E-state index is 1.14. The topological polar surface area (TPSA) is 3.24 Å². The van der Waals surface area contributed by atoms with E-state index >= 15 is 0 Å². The molecule has 0 radical (unpaired) electrons. The van der Waals surface area contributed by atoms with Crippen molar-refractivity contribution in [1.82, 2.24) is 0 Å². The van der Waals surface area contributed by atoms with Gasteiger partial charge in [-0.05, 0) is 92.2 Å². The maximum atomic E-state index is 2.50. The molecule has 0 fully saturated rings. The summed E-state index contributed by atoms with van der Waals surface area (Å²) in [5.74, 6) is 0. The van der Waals surface area contributed by atoms with Crippen LogP contribution in [0, 0.1) is 0 Å². The summed E-state index contributed by atoms with van der Waals surface area (Å²) in [7, 11) is 0. The molecule has 0 aliphatic rings. The molecule has 0 unspecified atom stereocenters. The number of nitrogens with zero attached hydrogens (tertiary/aromatic N) is 1. The van der Waals surface area contributed by atoms with Gasteiger partial charge in [-0.25, -0.2) is 0 Å². The monoisotopic (exact) mass is 759 g/mol. The zero-order chi connectivity index (χ0) is 37.5. The molecule has 0 N–H and O–H groups in total. The van der Waals surface area contributed by atoms with Crippen LogP contribution in [0.5, 0.6) is 0 Å². The van der Waals surface area contributed by atoms with Gasteiger partial charge in [0.05, 0.1) is 5.69 Å². The molecule has 2 aromatic heterocycles. The van der Waals surface area contributed by atoms with Crippen LogP contribution in [0.15, 0.2) is 200 Å². The maximum Gasteiger partial charge on any atom is 0.0554 e. The van der Waals surface area contributed by atoms with Crippen molar-refractivity contribution in [2.24, 2.45) is 0 Å². The number of fused-ring (bicyclic) bond motifs is 10. The molecular formula is C54H33NS2. The van der Waals surface area contributed by atoms with Gasteiger partial charge in [-0.1, -0.05) is 152 Å². The zero-order valence-corrected chi connectivity index (χ0v) is 32.4. The molecule has 0 saturated heterocycles. The summed E-state index contributed by atoms with van der Waals surface area (Å²) in [6, 6.07) is 73.9. The summed E-state index contributed by atoms with van der Waals surface area (Å²) < 4.78 is 5.24. The second kappa shape index (κ2) is 12.9. The molecule has 1 nitrogen and oxygen atoms in total. The Bertz CT molecular complexity index is 3460. The zero-order valence-electron chi connectivity index (χ0n) is 30.8. The van der Waals surface area contributed by atoms with Crippen LogP contribution in [0.3, 0.4) is 0 Å². The van der Waals surface area contributed by atoms with Crippen LogP contribution in [0.1, 0.15) is 0 Å². The third-order valence-corrected chi connectivity index (χ3v) is 14.0. The van der Waals surface area contributed by atoms with Crippen molar-refractivity contribution in [2.45, 2.75) is 0 Å². The molecule has 0 aliphatic heterocycles. The number of benzene rings is 10. The van der Waals surface area contributed by atoms with E-state index < -0.39 is 0 Å².